The number of rotatable bonds is 5. The number of nitrogens with zero attached hydrogens (tertiary/aromatic N) is 3. The van der Waals surface area contributed by atoms with E-state index in [1.165, 1.54) is 0 Å². The number of nitrogens with one attached hydrogen (secondary N) is 1. The van der Waals surface area contributed by atoms with Gasteiger partial charge in [0, 0.05) is 13.6 Å². The summed E-state index contributed by atoms with van der Waals surface area (Å²) < 4.78 is 5.16. The first-order valence-electron chi connectivity index (χ1n) is 7.14. The van der Waals surface area contributed by atoms with E-state index < -0.39 is 0 Å². The van der Waals surface area contributed by atoms with Crippen molar-refractivity contribution < 1.29 is 9.53 Å². The number of aromatic nitrogens is 2. The molecule has 0 bridgehead atoms. The highest BCUT2D eigenvalue weighted by Crippen LogP contribution is 2.20. The molecule has 6 heteroatoms. The van der Waals surface area contributed by atoms with Crippen LogP contribution in [0.1, 0.15) is 31.9 Å². The monoisotopic (exact) mass is 278 g/mol. The molecular formula is C14H22N4O2. The average Bonchev–Trinajstić information content (AvgIpc) is 2.49. The Labute approximate surface area is 119 Å². The first-order valence-corrected chi connectivity index (χ1v) is 7.14. The van der Waals surface area contributed by atoms with Crippen LogP contribution in [-0.2, 0) is 16.1 Å². The van der Waals surface area contributed by atoms with Gasteiger partial charge >= 0.3 is 5.97 Å². The number of hydrogen-bond donors (Lipinski definition) is 1. The standard InChI is InChI=1S/C14H22N4O2/c1-3-20-14(19)12-6-4-5-7-18(12)10-11-8-17-13(15-2)9-16-11/h8-9,12H,3-7,10H2,1-2H3,(H,15,17). The van der Waals surface area contributed by atoms with Crippen LogP contribution in [0.25, 0.3) is 0 Å². The largest absolute Gasteiger partial charge is 0.465 e. The van der Waals surface area contributed by atoms with E-state index in [1.807, 2.05) is 14.0 Å². The third kappa shape index (κ3) is 3.66. The van der Waals surface area contributed by atoms with Gasteiger partial charge in [0.05, 0.1) is 24.7 Å². The molecule has 2 heterocycles. The lowest BCUT2D eigenvalue weighted by Gasteiger charge is -2.33. The highest BCUT2D eigenvalue weighted by atomic mass is 16.5. The molecule has 1 saturated heterocycles. The van der Waals surface area contributed by atoms with Crippen molar-refractivity contribution in [2.75, 3.05) is 25.5 Å². The molecule has 1 aliphatic rings. The summed E-state index contributed by atoms with van der Waals surface area (Å²) in [6.45, 7) is 3.81. The fraction of sp³-hybridized carbons (Fsp3) is 0.643. The number of carbonyl (C=O) groups is 1. The average molecular weight is 278 g/mol. The highest BCUT2D eigenvalue weighted by molar-refractivity contribution is 5.75. The van der Waals surface area contributed by atoms with E-state index >= 15 is 0 Å². The van der Waals surface area contributed by atoms with Crippen LogP contribution in [-0.4, -0.2) is 47.1 Å². The molecule has 6 nitrogen and oxygen atoms in total. The molecule has 1 fully saturated rings. The van der Waals surface area contributed by atoms with Crippen molar-refractivity contribution in [2.24, 2.45) is 0 Å². The SMILES string of the molecule is CCOC(=O)C1CCCCN1Cc1cnc(NC)cn1. The van der Waals surface area contributed by atoms with Gasteiger partial charge in [-0.2, -0.15) is 0 Å². The minimum Gasteiger partial charge on any atom is -0.465 e. The molecule has 2 rings (SSSR count). The zero-order valence-electron chi connectivity index (χ0n) is 12.1. The van der Waals surface area contributed by atoms with Gasteiger partial charge in [0.1, 0.15) is 11.9 Å². The van der Waals surface area contributed by atoms with Gasteiger partial charge in [-0.15, -0.1) is 0 Å². The Bertz CT molecular complexity index is 435. The van der Waals surface area contributed by atoms with Gasteiger partial charge in [-0.05, 0) is 26.3 Å². The van der Waals surface area contributed by atoms with Crippen LogP contribution < -0.4 is 5.32 Å². The van der Waals surface area contributed by atoms with Crippen LogP contribution in [0, 0.1) is 0 Å². The van der Waals surface area contributed by atoms with Crippen molar-refractivity contribution in [1.82, 2.24) is 14.9 Å². The molecule has 0 saturated carbocycles. The topological polar surface area (TPSA) is 67.3 Å². The zero-order valence-corrected chi connectivity index (χ0v) is 12.1. The maximum absolute atomic E-state index is 12.0. The predicted octanol–water partition coefficient (Wildman–Crippen LogP) is 1.44. The van der Waals surface area contributed by atoms with Gasteiger partial charge in [-0.3, -0.25) is 14.7 Å². The number of carbonyl (C=O) groups excluding carboxylic acids is 1. The molecule has 1 aliphatic heterocycles. The molecule has 0 aromatic carbocycles. The van der Waals surface area contributed by atoms with E-state index in [1.54, 1.807) is 12.4 Å². The first-order chi connectivity index (χ1) is 9.74. The number of hydrogen-bond acceptors (Lipinski definition) is 6. The van der Waals surface area contributed by atoms with E-state index in [0.717, 1.165) is 37.3 Å². The Morgan fingerprint density at radius 1 is 1.45 bits per heavy atom. The maximum Gasteiger partial charge on any atom is 0.323 e. The molecule has 1 atom stereocenters. The van der Waals surface area contributed by atoms with Crippen molar-refractivity contribution in [3.05, 3.63) is 18.1 Å². The third-order valence-electron chi connectivity index (χ3n) is 3.50. The highest BCUT2D eigenvalue weighted by Gasteiger charge is 2.29. The number of ether oxygens (including phenoxy) is 1. The van der Waals surface area contributed by atoms with Gasteiger partial charge in [0.15, 0.2) is 0 Å². The zero-order chi connectivity index (χ0) is 14.4. The summed E-state index contributed by atoms with van der Waals surface area (Å²) in [6, 6.07) is -0.144. The van der Waals surface area contributed by atoms with Gasteiger partial charge in [0.2, 0.25) is 0 Å². The minimum atomic E-state index is -0.144. The number of likely N-dealkylation sites (tertiary alicyclic amines) is 1. The van der Waals surface area contributed by atoms with Crippen LogP contribution in [0.5, 0.6) is 0 Å². The summed E-state index contributed by atoms with van der Waals surface area (Å²) in [4.78, 5) is 22.7. The maximum atomic E-state index is 12.0. The molecule has 1 aromatic heterocycles. The van der Waals surface area contributed by atoms with E-state index in [-0.39, 0.29) is 12.0 Å². The summed E-state index contributed by atoms with van der Waals surface area (Å²) in [7, 11) is 1.81. The number of esters is 1. The van der Waals surface area contributed by atoms with E-state index in [9.17, 15) is 4.79 Å². The van der Waals surface area contributed by atoms with Gasteiger partial charge in [-0.25, -0.2) is 4.98 Å². The predicted molar refractivity (Wildman–Crippen MR) is 76.3 cm³/mol. The fourth-order valence-corrected chi connectivity index (χ4v) is 2.46. The van der Waals surface area contributed by atoms with E-state index in [4.69, 9.17) is 4.74 Å². The molecule has 1 unspecified atom stereocenters. The minimum absolute atomic E-state index is 0.119. The van der Waals surface area contributed by atoms with Crippen molar-refractivity contribution in [3.8, 4) is 0 Å². The lowest BCUT2D eigenvalue weighted by Crippen LogP contribution is -2.45. The van der Waals surface area contributed by atoms with Crippen molar-refractivity contribution in [2.45, 2.75) is 38.8 Å². The van der Waals surface area contributed by atoms with E-state index in [0.29, 0.717) is 13.2 Å². The third-order valence-corrected chi connectivity index (χ3v) is 3.50. The summed E-state index contributed by atoms with van der Waals surface area (Å²) in [6.07, 6.45) is 6.50. The molecule has 0 spiro atoms. The molecule has 110 valence electrons. The summed E-state index contributed by atoms with van der Waals surface area (Å²) in [5.41, 5.74) is 0.875. The summed E-state index contributed by atoms with van der Waals surface area (Å²) in [5, 5.41) is 2.94. The lowest BCUT2D eigenvalue weighted by atomic mass is 10.0. The normalized spacial score (nSPS) is 19.6. The van der Waals surface area contributed by atoms with Crippen LogP contribution in [0.2, 0.25) is 0 Å². The summed E-state index contributed by atoms with van der Waals surface area (Å²) in [5.74, 6) is 0.626. The van der Waals surface area contributed by atoms with Gasteiger partial charge < -0.3 is 10.1 Å². The molecule has 0 amide bonds. The second-order valence-corrected chi connectivity index (χ2v) is 4.88. The first kappa shape index (κ1) is 14.7. The van der Waals surface area contributed by atoms with Crippen LogP contribution in [0.3, 0.4) is 0 Å². The number of piperidine rings is 1. The van der Waals surface area contributed by atoms with E-state index in [2.05, 4.69) is 20.2 Å². The Kier molecular flexibility index (Phi) is 5.29. The molecule has 20 heavy (non-hydrogen) atoms. The Morgan fingerprint density at radius 3 is 2.95 bits per heavy atom. The van der Waals surface area contributed by atoms with Crippen molar-refractivity contribution in [1.29, 1.82) is 0 Å². The second kappa shape index (κ2) is 7.19. The Balaban J connectivity index is 2.02. The lowest BCUT2D eigenvalue weighted by molar-refractivity contribution is -0.151. The molecule has 0 radical (unpaired) electrons. The molecule has 0 aliphatic carbocycles. The Morgan fingerprint density at radius 2 is 2.30 bits per heavy atom. The molecule has 1 N–H and O–H groups in total. The number of anilines is 1. The molecule has 1 aromatic rings. The van der Waals surface area contributed by atoms with Gasteiger partial charge in [0.25, 0.3) is 0 Å². The smallest absolute Gasteiger partial charge is 0.323 e. The van der Waals surface area contributed by atoms with Gasteiger partial charge in [-0.1, -0.05) is 6.42 Å². The van der Waals surface area contributed by atoms with Crippen molar-refractivity contribution >= 4 is 11.8 Å². The fourth-order valence-electron chi connectivity index (χ4n) is 2.46. The Hall–Kier alpha value is -1.69. The quantitative estimate of drug-likeness (QED) is 0.822. The van der Waals surface area contributed by atoms with Crippen LogP contribution >= 0.6 is 0 Å². The molecular weight excluding hydrogens is 256 g/mol. The van der Waals surface area contributed by atoms with Crippen LogP contribution in [0.4, 0.5) is 5.82 Å². The summed E-state index contributed by atoms with van der Waals surface area (Å²) >= 11 is 0. The van der Waals surface area contributed by atoms with Crippen molar-refractivity contribution in [3.63, 3.8) is 0 Å². The second-order valence-electron chi connectivity index (χ2n) is 4.88. The van der Waals surface area contributed by atoms with Crippen LogP contribution in [0.15, 0.2) is 12.4 Å².